The first-order valence-electron chi connectivity index (χ1n) is 7.24. The van der Waals surface area contributed by atoms with Gasteiger partial charge in [-0.15, -0.1) is 0 Å². The van der Waals surface area contributed by atoms with Crippen molar-refractivity contribution in [3.8, 4) is 0 Å². The summed E-state index contributed by atoms with van der Waals surface area (Å²) in [6.45, 7) is 0. The second kappa shape index (κ2) is 6.87. The Balaban J connectivity index is 2.09. The monoisotopic (exact) mass is 320 g/mol. The quantitative estimate of drug-likeness (QED) is 0.623. The molecule has 0 saturated carbocycles. The summed E-state index contributed by atoms with van der Waals surface area (Å²) < 4.78 is 0. The van der Waals surface area contributed by atoms with Crippen molar-refractivity contribution < 1.29 is 0 Å². The molecule has 3 rings (SSSR count). The fraction of sp³-hybridized carbons (Fsp3) is 0. The van der Waals surface area contributed by atoms with Gasteiger partial charge >= 0.3 is 0 Å². The zero-order valence-corrected chi connectivity index (χ0v) is 13.9. The molecule has 0 aliphatic heterocycles. The van der Waals surface area contributed by atoms with Crippen molar-refractivity contribution in [3.05, 3.63) is 102 Å². The van der Waals surface area contributed by atoms with E-state index in [0.29, 0.717) is 0 Å². The van der Waals surface area contributed by atoms with E-state index in [1.807, 2.05) is 30.3 Å². The normalized spacial score (nSPS) is 11.6. The van der Waals surface area contributed by atoms with E-state index in [1.165, 1.54) is 16.2 Å². The van der Waals surface area contributed by atoms with Gasteiger partial charge in [0.05, 0.1) is 0 Å². The van der Waals surface area contributed by atoms with Crippen molar-refractivity contribution >= 4 is 34.5 Å². The molecule has 0 radical (unpaired) electrons. The first-order valence-corrected chi connectivity index (χ1v) is 10.1. The fourth-order valence-electron chi connectivity index (χ4n) is 2.38. The van der Waals surface area contributed by atoms with Crippen LogP contribution in [-0.4, -0.2) is 0 Å². The van der Waals surface area contributed by atoms with Crippen LogP contribution in [0.3, 0.4) is 0 Å². The molecule has 0 unspecified atom stereocenters. The average Bonchev–Trinajstić information content (AvgIpc) is 2.62. The Bertz CT molecular complexity index is 749. The van der Waals surface area contributed by atoms with Crippen LogP contribution in [0.1, 0.15) is 5.56 Å². The summed E-state index contributed by atoms with van der Waals surface area (Å²) in [6.07, 6.45) is 2.15. The highest BCUT2D eigenvalue weighted by Gasteiger charge is 2.18. The van der Waals surface area contributed by atoms with E-state index in [-0.39, 0.29) is 0 Å². The van der Waals surface area contributed by atoms with E-state index in [4.69, 9.17) is 11.8 Å². The Morgan fingerprint density at radius 1 is 0.591 bits per heavy atom. The summed E-state index contributed by atoms with van der Waals surface area (Å²) in [5, 5.41) is 2.45. The number of rotatable bonds is 4. The van der Waals surface area contributed by atoms with Gasteiger partial charge in [-0.3, -0.25) is 0 Å². The van der Waals surface area contributed by atoms with E-state index in [0.717, 1.165) is 0 Å². The SMILES string of the molecule is S=P(/C=C/c1ccccc1)(c1ccccc1)c1ccccc1. The van der Waals surface area contributed by atoms with Crippen LogP contribution in [0.5, 0.6) is 0 Å². The molecule has 0 aromatic heterocycles. The maximum absolute atomic E-state index is 6.16. The van der Waals surface area contributed by atoms with Gasteiger partial charge in [-0.2, -0.15) is 0 Å². The topological polar surface area (TPSA) is 0 Å². The molecule has 0 spiro atoms. The molecule has 0 aliphatic rings. The molecular formula is C20H17PS. The maximum atomic E-state index is 6.16. The summed E-state index contributed by atoms with van der Waals surface area (Å²) in [5.41, 5.74) is 1.18. The molecule has 3 aromatic carbocycles. The first kappa shape index (κ1) is 15.0. The van der Waals surface area contributed by atoms with Gasteiger partial charge in [0.25, 0.3) is 0 Å². The van der Waals surface area contributed by atoms with Crippen LogP contribution in [0.15, 0.2) is 96.8 Å². The van der Waals surface area contributed by atoms with Crippen LogP contribution >= 0.6 is 6.04 Å². The minimum absolute atomic E-state index is 1.18. The largest absolute Gasteiger partial charge is 0.0832 e. The zero-order chi connectivity index (χ0) is 15.3. The minimum Gasteiger partial charge on any atom is -0.0832 e. The average molecular weight is 320 g/mol. The fourth-order valence-corrected chi connectivity index (χ4v) is 5.54. The van der Waals surface area contributed by atoms with Crippen LogP contribution in [-0.2, 0) is 11.8 Å². The van der Waals surface area contributed by atoms with Crippen LogP contribution in [0.4, 0.5) is 0 Å². The third-order valence-corrected chi connectivity index (χ3v) is 7.89. The predicted molar refractivity (Wildman–Crippen MR) is 102 cm³/mol. The van der Waals surface area contributed by atoms with Crippen LogP contribution in [0, 0.1) is 0 Å². The van der Waals surface area contributed by atoms with E-state index in [1.54, 1.807) is 0 Å². The Morgan fingerprint density at radius 2 is 1.00 bits per heavy atom. The Kier molecular flexibility index (Phi) is 4.68. The van der Waals surface area contributed by atoms with Gasteiger partial charge in [-0.25, -0.2) is 0 Å². The molecule has 0 nitrogen and oxygen atoms in total. The van der Waals surface area contributed by atoms with Crippen molar-refractivity contribution in [1.29, 1.82) is 0 Å². The highest BCUT2D eigenvalue weighted by atomic mass is 32.4. The van der Waals surface area contributed by atoms with Crippen molar-refractivity contribution in [1.82, 2.24) is 0 Å². The van der Waals surface area contributed by atoms with Gasteiger partial charge in [0.1, 0.15) is 0 Å². The summed E-state index contributed by atoms with van der Waals surface area (Å²) in [7, 11) is 0. The molecule has 0 N–H and O–H groups in total. The van der Waals surface area contributed by atoms with Crippen molar-refractivity contribution in [2.45, 2.75) is 0 Å². The lowest BCUT2D eigenvalue weighted by Gasteiger charge is -2.19. The molecule has 108 valence electrons. The van der Waals surface area contributed by atoms with E-state index >= 15 is 0 Å². The molecule has 0 saturated heterocycles. The molecule has 3 aromatic rings. The lowest BCUT2D eigenvalue weighted by atomic mass is 10.2. The third-order valence-electron chi connectivity index (χ3n) is 3.56. The van der Waals surface area contributed by atoms with Gasteiger partial charge in [0, 0.05) is 6.04 Å². The molecule has 22 heavy (non-hydrogen) atoms. The van der Waals surface area contributed by atoms with Gasteiger partial charge in [-0.05, 0) is 22.0 Å². The summed E-state index contributed by atoms with van der Waals surface area (Å²) in [6, 6.07) is 29.3. The first-order chi connectivity index (χ1) is 10.8. The highest BCUT2D eigenvalue weighted by Crippen LogP contribution is 2.45. The standard InChI is InChI=1S/C20H17PS/c22-21(19-12-6-2-7-13-19,20-14-8-3-9-15-20)17-16-18-10-4-1-5-11-18/h1-17H/b17-16+. The van der Waals surface area contributed by atoms with Crippen molar-refractivity contribution in [2.24, 2.45) is 0 Å². The van der Waals surface area contributed by atoms with Crippen molar-refractivity contribution in [2.75, 3.05) is 0 Å². The Labute approximate surface area is 137 Å². The molecule has 0 amide bonds. The summed E-state index contributed by atoms with van der Waals surface area (Å²) in [5.74, 6) is 2.22. The summed E-state index contributed by atoms with van der Waals surface area (Å²) >= 11 is 6.16. The molecule has 0 heterocycles. The lowest BCUT2D eigenvalue weighted by Crippen LogP contribution is -2.13. The number of hydrogen-bond donors (Lipinski definition) is 0. The van der Waals surface area contributed by atoms with E-state index < -0.39 is 6.04 Å². The molecule has 0 bridgehead atoms. The van der Waals surface area contributed by atoms with Gasteiger partial charge in [0.2, 0.25) is 0 Å². The maximum Gasteiger partial charge on any atom is 0.0310 e. The predicted octanol–water partition coefficient (Wildman–Crippen LogP) is 4.79. The molecular weight excluding hydrogens is 303 g/mol. The number of benzene rings is 3. The molecule has 0 aliphatic carbocycles. The minimum atomic E-state index is -1.94. The smallest absolute Gasteiger partial charge is 0.0310 e. The van der Waals surface area contributed by atoms with Gasteiger partial charge in [0.15, 0.2) is 0 Å². The second-order valence-corrected chi connectivity index (χ2v) is 9.43. The molecule has 0 fully saturated rings. The second-order valence-electron chi connectivity index (χ2n) is 5.06. The number of hydrogen-bond acceptors (Lipinski definition) is 1. The zero-order valence-electron chi connectivity index (χ0n) is 12.2. The van der Waals surface area contributed by atoms with Crippen LogP contribution in [0.25, 0.3) is 6.08 Å². The molecule has 2 heteroatoms. The van der Waals surface area contributed by atoms with E-state index in [9.17, 15) is 0 Å². The molecule has 0 atom stereocenters. The van der Waals surface area contributed by atoms with Crippen LogP contribution in [0.2, 0.25) is 0 Å². The highest BCUT2D eigenvalue weighted by molar-refractivity contribution is 8.23. The van der Waals surface area contributed by atoms with Crippen molar-refractivity contribution in [3.63, 3.8) is 0 Å². The Hall–Kier alpha value is -1.95. The van der Waals surface area contributed by atoms with E-state index in [2.05, 4.69) is 72.6 Å². The van der Waals surface area contributed by atoms with Crippen LogP contribution < -0.4 is 10.6 Å². The van der Waals surface area contributed by atoms with Gasteiger partial charge < -0.3 is 0 Å². The summed E-state index contributed by atoms with van der Waals surface area (Å²) in [4.78, 5) is 0. The van der Waals surface area contributed by atoms with Gasteiger partial charge in [-0.1, -0.05) is 109 Å². The lowest BCUT2D eigenvalue weighted by molar-refractivity contribution is 1.66. The Morgan fingerprint density at radius 3 is 1.45 bits per heavy atom. The third kappa shape index (κ3) is 3.27.